The van der Waals surface area contributed by atoms with Crippen molar-refractivity contribution in [1.82, 2.24) is 5.32 Å². The normalized spacial score (nSPS) is 17.3. The number of benzene rings is 2. The number of aromatic hydroxyl groups is 1. The number of phenolic OH excluding ortho intramolecular Hbond substituents is 1. The van der Waals surface area contributed by atoms with Gasteiger partial charge >= 0.3 is 0 Å². The smallest absolute Gasteiger partial charge is 0.119 e. The molecule has 1 heterocycles. The molecule has 1 atom stereocenters. The van der Waals surface area contributed by atoms with E-state index < -0.39 is 0 Å². The molecule has 0 fully saturated rings. The van der Waals surface area contributed by atoms with Gasteiger partial charge in [0.15, 0.2) is 0 Å². The second kappa shape index (κ2) is 5.78. The summed E-state index contributed by atoms with van der Waals surface area (Å²) in [5.74, 6) is 1.29. The fourth-order valence-corrected chi connectivity index (χ4v) is 3.02. The van der Waals surface area contributed by atoms with E-state index in [1.807, 2.05) is 19.1 Å². The van der Waals surface area contributed by atoms with E-state index >= 15 is 0 Å². The molecule has 110 valence electrons. The first-order chi connectivity index (χ1) is 10.2. The molecule has 0 amide bonds. The molecule has 0 bridgehead atoms. The third-order valence-corrected chi connectivity index (χ3v) is 4.21. The molecule has 0 spiro atoms. The maximum absolute atomic E-state index is 9.64. The number of hydrogen-bond acceptors (Lipinski definition) is 3. The van der Waals surface area contributed by atoms with E-state index in [1.165, 1.54) is 16.7 Å². The van der Waals surface area contributed by atoms with Crippen LogP contribution in [0.1, 0.15) is 28.3 Å². The highest BCUT2D eigenvalue weighted by molar-refractivity contribution is 5.41. The number of phenols is 1. The number of rotatable bonds is 3. The van der Waals surface area contributed by atoms with Crippen LogP contribution in [0.2, 0.25) is 0 Å². The number of fused-ring (bicyclic) bond motifs is 1. The largest absolute Gasteiger partial charge is 0.508 e. The van der Waals surface area contributed by atoms with Crippen LogP contribution in [0.3, 0.4) is 0 Å². The summed E-state index contributed by atoms with van der Waals surface area (Å²) in [4.78, 5) is 0. The maximum atomic E-state index is 9.64. The van der Waals surface area contributed by atoms with E-state index in [-0.39, 0.29) is 0 Å². The van der Waals surface area contributed by atoms with E-state index in [4.69, 9.17) is 4.74 Å². The van der Waals surface area contributed by atoms with Gasteiger partial charge < -0.3 is 15.2 Å². The fraction of sp³-hybridized carbons (Fsp3) is 0.333. The van der Waals surface area contributed by atoms with Crippen molar-refractivity contribution in [2.24, 2.45) is 0 Å². The Labute approximate surface area is 125 Å². The number of nitrogens with one attached hydrogen (secondary N) is 1. The average molecular weight is 283 g/mol. The van der Waals surface area contributed by atoms with Crippen molar-refractivity contribution >= 4 is 0 Å². The van der Waals surface area contributed by atoms with E-state index in [1.54, 1.807) is 13.2 Å². The van der Waals surface area contributed by atoms with Crippen molar-refractivity contribution in [2.75, 3.05) is 13.7 Å². The summed E-state index contributed by atoms with van der Waals surface area (Å²) in [6, 6.07) is 12.5. The lowest BCUT2D eigenvalue weighted by molar-refractivity contribution is 0.412. The van der Waals surface area contributed by atoms with Gasteiger partial charge in [-0.1, -0.05) is 18.2 Å². The number of ether oxygens (including phenoxy) is 1. The molecule has 0 saturated carbocycles. The molecule has 21 heavy (non-hydrogen) atoms. The van der Waals surface area contributed by atoms with Gasteiger partial charge in [-0.3, -0.25) is 0 Å². The molecule has 2 aromatic rings. The first-order valence-electron chi connectivity index (χ1n) is 7.36. The number of aryl methyl sites for hydroxylation is 1. The molecule has 0 radical (unpaired) electrons. The van der Waals surface area contributed by atoms with Crippen LogP contribution < -0.4 is 10.1 Å². The second-order valence-corrected chi connectivity index (χ2v) is 5.65. The predicted molar refractivity (Wildman–Crippen MR) is 84.0 cm³/mol. The van der Waals surface area contributed by atoms with Gasteiger partial charge in [0.2, 0.25) is 0 Å². The number of methoxy groups -OCH3 is 1. The Morgan fingerprint density at radius 1 is 1.24 bits per heavy atom. The molecule has 0 aromatic heterocycles. The minimum atomic E-state index is 0.323. The van der Waals surface area contributed by atoms with Crippen molar-refractivity contribution in [3.63, 3.8) is 0 Å². The molecule has 2 N–H and O–H groups in total. The third kappa shape index (κ3) is 2.88. The Morgan fingerprint density at radius 2 is 2.10 bits per heavy atom. The molecule has 3 nitrogen and oxygen atoms in total. The summed E-state index contributed by atoms with van der Waals surface area (Å²) in [5.41, 5.74) is 4.89. The zero-order valence-corrected chi connectivity index (χ0v) is 12.5. The van der Waals surface area contributed by atoms with Crippen molar-refractivity contribution in [2.45, 2.75) is 25.8 Å². The standard InChI is InChI=1S/C18H21NO2/c1-12-9-13(3-6-18(12)20)10-17-16-5-4-15(21-2)11-14(16)7-8-19-17/h3-6,9,11,17,19-20H,7-8,10H2,1-2H3. The number of hydrogen-bond donors (Lipinski definition) is 2. The van der Waals surface area contributed by atoms with Crippen LogP contribution in [-0.4, -0.2) is 18.8 Å². The summed E-state index contributed by atoms with van der Waals surface area (Å²) in [6.07, 6.45) is 1.97. The highest BCUT2D eigenvalue weighted by Crippen LogP contribution is 2.29. The molecule has 1 aliphatic heterocycles. The maximum Gasteiger partial charge on any atom is 0.119 e. The molecule has 3 rings (SSSR count). The zero-order chi connectivity index (χ0) is 14.8. The summed E-state index contributed by atoms with van der Waals surface area (Å²) in [5, 5.41) is 13.2. The SMILES string of the molecule is COc1ccc2c(c1)CCNC2Cc1ccc(O)c(C)c1. The molecule has 1 aliphatic rings. The van der Waals surface area contributed by atoms with E-state index in [2.05, 4.69) is 23.5 Å². The van der Waals surface area contributed by atoms with Gasteiger partial charge in [-0.05, 0) is 66.8 Å². The topological polar surface area (TPSA) is 41.5 Å². The Hall–Kier alpha value is -2.00. The van der Waals surface area contributed by atoms with Crippen molar-refractivity contribution in [3.05, 3.63) is 58.7 Å². The molecule has 3 heteroatoms. The lowest BCUT2D eigenvalue weighted by atomic mass is 9.90. The highest BCUT2D eigenvalue weighted by atomic mass is 16.5. The lowest BCUT2D eigenvalue weighted by Gasteiger charge is -2.27. The van der Waals surface area contributed by atoms with Gasteiger partial charge in [-0.25, -0.2) is 0 Å². The molecule has 0 saturated heterocycles. The van der Waals surface area contributed by atoms with Crippen LogP contribution in [0.25, 0.3) is 0 Å². The van der Waals surface area contributed by atoms with E-state index in [0.29, 0.717) is 11.8 Å². The van der Waals surface area contributed by atoms with Gasteiger partial charge in [-0.2, -0.15) is 0 Å². The van der Waals surface area contributed by atoms with Crippen LogP contribution in [0.15, 0.2) is 36.4 Å². The summed E-state index contributed by atoms with van der Waals surface area (Å²) in [6.45, 7) is 2.92. The van der Waals surface area contributed by atoms with Crippen LogP contribution in [0.4, 0.5) is 0 Å². The molecular formula is C18H21NO2. The summed E-state index contributed by atoms with van der Waals surface area (Å²) < 4.78 is 5.31. The monoisotopic (exact) mass is 283 g/mol. The average Bonchev–Trinajstić information content (AvgIpc) is 2.50. The molecule has 1 unspecified atom stereocenters. The van der Waals surface area contributed by atoms with E-state index in [9.17, 15) is 5.11 Å². The minimum Gasteiger partial charge on any atom is -0.508 e. The zero-order valence-electron chi connectivity index (χ0n) is 12.5. The first-order valence-corrected chi connectivity index (χ1v) is 7.36. The van der Waals surface area contributed by atoms with Gasteiger partial charge in [0.1, 0.15) is 11.5 Å². The first kappa shape index (κ1) is 14.0. The van der Waals surface area contributed by atoms with Gasteiger partial charge in [0.05, 0.1) is 7.11 Å². The lowest BCUT2D eigenvalue weighted by Crippen LogP contribution is -2.31. The Morgan fingerprint density at radius 3 is 2.86 bits per heavy atom. The Kier molecular flexibility index (Phi) is 3.84. The fourth-order valence-electron chi connectivity index (χ4n) is 3.02. The Balaban J connectivity index is 1.86. The van der Waals surface area contributed by atoms with Gasteiger partial charge in [0.25, 0.3) is 0 Å². The van der Waals surface area contributed by atoms with Crippen LogP contribution in [0.5, 0.6) is 11.5 Å². The molecule has 0 aliphatic carbocycles. The van der Waals surface area contributed by atoms with Crippen LogP contribution in [0, 0.1) is 6.92 Å². The van der Waals surface area contributed by atoms with Crippen molar-refractivity contribution in [1.29, 1.82) is 0 Å². The summed E-state index contributed by atoms with van der Waals surface area (Å²) >= 11 is 0. The minimum absolute atomic E-state index is 0.323. The van der Waals surface area contributed by atoms with Crippen molar-refractivity contribution < 1.29 is 9.84 Å². The summed E-state index contributed by atoms with van der Waals surface area (Å²) in [7, 11) is 1.71. The van der Waals surface area contributed by atoms with Crippen LogP contribution >= 0.6 is 0 Å². The quantitative estimate of drug-likeness (QED) is 0.909. The third-order valence-electron chi connectivity index (χ3n) is 4.21. The van der Waals surface area contributed by atoms with E-state index in [0.717, 1.165) is 30.7 Å². The molecule has 2 aromatic carbocycles. The molecular weight excluding hydrogens is 262 g/mol. The van der Waals surface area contributed by atoms with Crippen molar-refractivity contribution in [3.8, 4) is 11.5 Å². The predicted octanol–water partition coefficient (Wildman–Crippen LogP) is 3.14. The van der Waals surface area contributed by atoms with Gasteiger partial charge in [0, 0.05) is 6.04 Å². The second-order valence-electron chi connectivity index (χ2n) is 5.65. The van der Waals surface area contributed by atoms with Crippen LogP contribution in [-0.2, 0) is 12.8 Å². The Bertz CT molecular complexity index is 652. The van der Waals surface area contributed by atoms with Gasteiger partial charge in [-0.15, -0.1) is 0 Å². The highest BCUT2D eigenvalue weighted by Gasteiger charge is 2.20.